The quantitative estimate of drug-likeness (QED) is 0.582. The molecule has 4 N–H and O–H groups in total. The van der Waals surface area contributed by atoms with Gasteiger partial charge in [0.2, 0.25) is 0 Å². The number of aromatic nitrogens is 1. The highest BCUT2D eigenvalue weighted by atomic mass is 79.9. The van der Waals surface area contributed by atoms with E-state index in [0.29, 0.717) is 10.2 Å². The number of rotatable bonds is 4. The molecular formula is C11H11BrN4O2S. The van der Waals surface area contributed by atoms with Gasteiger partial charge in [-0.3, -0.25) is 10.6 Å². The molecule has 0 spiro atoms. The third kappa shape index (κ3) is 3.03. The van der Waals surface area contributed by atoms with E-state index in [0.717, 1.165) is 0 Å². The smallest absolute Gasteiger partial charge is 0.265 e. The standard InChI is InChI=1S/C11H11BrN4O2S/c12-8-4-3-7-14-11(8)16-19(17,18)10-6-2-1-5-9(10)15-13/h1-7,15H,13H2,(H,14,16). The minimum Gasteiger partial charge on any atom is -0.323 e. The fourth-order valence-electron chi connectivity index (χ4n) is 1.46. The van der Waals surface area contributed by atoms with Gasteiger partial charge in [-0.1, -0.05) is 12.1 Å². The number of nitrogens with two attached hydrogens (primary N) is 1. The summed E-state index contributed by atoms with van der Waals surface area (Å²) in [5, 5.41) is 0. The van der Waals surface area contributed by atoms with E-state index >= 15 is 0 Å². The Morgan fingerprint density at radius 1 is 1.16 bits per heavy atom. The first kappa shape index (κ1) is 13.8. The Balaban J connectivity index is 2.41. The van der Waals surface area contributed by atoms with Crippen molar-refractivity contribution >= 4 is 37.5 Å². The molecule has 6 nitrogen and oxygen atoms in total. The Labute approximate surface area is 119 Å². The summed E-state index contributed by atoms with van der Waals surface area (Å²) in [6.45, 7) is 0. The van der Waals surface area contributed by atoms with E-state index in [-0.39, 0.29) is 10.7 Å². The molecule has 0 atom stereocenters. The summed E-state index contributed by atoms with van der Waals surface area (Å²) in [5.74, 6) is 5.52. The molecule has 1 heterocycles. The van der Waals surface area contributed by atoms with E-state index in [2.05, 4.69) is 31.1 Å². The van der Waals surface area contributed by atoms with Gasteiger partial charge in [-0.15, -0.1) is 0 Å². The molecule has 0 radical (unpaired) electrons. The van der Waals surface area contributed by atoms with Gasteiger partial charge >= 0.3 is 0 Å². The predicted octanol–water partition coefficient (Wildman–Crippen LogP) is 1.93. The average Bonchev–Trinajstić information content (AvgIpc) is 2.41. The van der Waals surface area contributed by atoms with Gasteiger partial charge in [-0.2, -0.15) is 0 Å². The summed E-state index contributed by atoms with van der Waals surface area (Å²) in [7, 11) is -3.76. The lowest BCUT2D eigenvalue weighted by molar-refractivity contribution is 0.601. The first-order valence-electron chi connectivity index (χ1n) is 5.23. The number of anilines is 2. The Hall–Kier alpha value is -1.64. The second-order valence-electron chi connectivity index (χ2n) is 3.58. The fraction of sp³-hybridized carbons (Fsp3) is 0. The van der Waals surface area contributed by atoms with E-state index in [1.807, 2.05) is 0 Å². The third-order valence-electron chi connectivity index (χ3n) is 2.32. The molecule has 0 amide bonds. The van der Waals surface area contributed by atoms with Crippen molar-refractivity contribution in [3.8, 4) is 0 Å². The topological polar surface area (TPSA) is 97.1 Å². The molecule has 0 aliphatic heterocycles. The van der Waals surface area contributed by atoms with Gasteiger partial charge in [0, 0.05) is 6.20 Å². The molecule has 0 saturated carbocycles. The normalized spacial score (nSPS) is 11.1. The van der Waals surface area contributed by atoms with Crippen molar-refractivity contribution < 1.29 is 8.42 Å². The van der Waals surface area contributed by atoms with Crippen molar-refractivity contribution in [2.75, 3.05) is 10.1 Å². The summed E-state index contributed by atoms with van der Waals surface area (Å²) >= 11 is 3.23. The molecule has 19 heavy (non-hydrogen) atoms. The number of hydrogen-bond donors (Lipinski definition) is 3. The largest absolute Gasteiger partial charge is 0.323 e. The van der Waals surface area contributed by atoms with Gasteiger partial charge in [-0.25, -0.2) is 13.4 Å². The minimum absolute atomic E-state index is 0.0510. The number of hydrazine groups is 1. The summed E-state index contributed by atoms with van der Waals surface area (Å²) in [6.07, 6.45) is 1.50. The molecule has 0 aliphatic carbocycles. The third-order valence-corrected chi connectivity index (χ3v) is 4.36. The summed E-state index contributed by atoms with van der Waals surface area (Å²) in [6, 6.07) is 9.71. The first-order valence-corrected chi connectivity index (χ1v) is 7.51. The zero-order valence-electron chi connectivity index (χ0n) is 9.67. The maximum atomic E-state index is 12.3. The van der Waals surface area contributed by atoms with E-state index in [1.165, 1.54) is 12.3 Å². The Morgan fingerprint density at radius 3 is 2.58 bits per heavy atom. The predicted molar refractivity (Wildman–Crippen MR) is 77.0 cm³/mol. The number of sulfonamides is 1. The van der Waals surface area contributed by atoms with Crippen LogP contribution in [0.5, 0.6) is 0 Å². The summed E-state index contributed by atoms with van der Waals surface area (Å²) in [5.41, 5.74) is 2.66. The average molecular weight is 343 g/mol. The maximum Gasteiger partial charge on any atom is 0.265 e. The van der Waals surface area contributed by atoms with Crippen LogP contribution in [-0.2, 0) is 10.0 Å². The van der Waals surface area contributed by atoms with Gasteiger partial charge in [0.05, 0.1) is 10.2 Å². The van der Waals surface area contributed by atoms with Crippen molar-refractivity contribution in [1.82, 2.24) is 4.98 Å². The van der Waals surface area contributed by atoms with Crippen molar-refractivity contribution in [3.05, 3.63) is 47.1 Å². The minimum atomic E-state index is -3.76. The SMILES string of the molecule is NNc1ccccc1S(=O)(=O)Nc1ncccc1Br. The number of para-hydroxylation sites is 1. The molecule has 1 aromatic heterocycles. The van der Waals surface area contributed by atoms with Crippen molar-refractivity contribution in [1.29, 1.82) is 0 Å². The van der Waals surface area contributed by atoms with Crippen LogP contribution in [0.4, 0.5) is 11.5 Å². The van der Waals surface area contributed by atoms with Crippen LogP contribution in [0.15, 0.2) is 52.0 Å². The Bertz CT molecular complexity index is 691. The molecule has 1 aromatic carbocycles. The molecular weight excluding hydrogens is 332 g/mol. The molecule has 100 valence electrons. The highest BCUT2D eigenvalue weighted by molar-refractivity contribution is 9.10. The fourth-order valence-corrected chi connectivity index (χ4v) is 3.15. The Kier molecular flexibility index (Phi) is 4.03. The lowest BCUT2D eigenvalue weighted by Gasteiger charge is -2.11. The van der Waals surface area contributed by atoms with Gasteiger partial charge in [0.25, 0.3) is 10.0 Å². The van der Waals surface area contributed by atoms with Crippen LogP contribution in [0.3, 0.4) is 0 Å². The van der Waals surface area contributed by atoms with Gasteiger partial charge < -0.3 is 5.43 Å². The molecule has 2 rings (SSSR count). The zero-order chi connectivity index (χ0) is 13.9. The van der Waals surface area contributed by atoms with E-state index < -0.39 is 10.0 Å². The van der Waals surface area contributed by atoms with E-state index in [9.17, 15) is 8.42 Å². The number of nitrogens with one attached hydrogen (secondary N) is 2. The monoisotopic (exact) mass is 342 g/mol. The molecule has 0 aliphatic rings. The maximum absolute atomic E-state index is 12.3. The second-order valence-corrected chi connectivity index (χ2v) is 6.08. The molecule has 0 unspecified atom stereocenters. The van der Waals surface area contributed by atoms with Crippen molar-refractivity contribution in [2.24, 2.45) is 5.84 Å². The second kappa shape index (κ2) is 5.55. The van der Waals surface area contributed by atoms with Crippen LogP contribution < -0.4 is 16.0 Å². The van der Waals surface area contributed by atoms with E-state index in [1.54, 1.807) is 30.3 Å². The molecule has 8 heteroatoms. The number of hydrogen-bond acceptors (Lipinski definition) is 5. The lowest BCUT2D eigenvalue weighted by Crippen LogP contribution is -2.18. The molecule has 0 saturated heterocycles. The highest BCUT2D eigenvalue weighted by Crippen LogP contribution is 2.25. The van der Waals surface area contributed by atoms with Crippen molar-refractivity contribution in [2.45, 2.75) is 4.90 Å². The van der Waals surface area contributed by atoms with Crippen molar-refractivity contribution in [3.63, 3.8) is 0 Å². The van der Waals surface area contributed by atoms with Crippen LogP contribution in [0.1, 0.15) is 0 Å². The first-order chi connectivity index (χ1) is 9.04. The van der Waals surface area contributed by atoms with Crippen LogP contribution in [-0.4, -0.2) is 13.4 Å². The zero-order valence-corrected chi connectivity index (χ0v) is 12.1. The van der Waals surface area contributed by atoms with E-state index in [4.69, 9.17) is 5.84 Å². The van der Waals surface area contributed by atoms with Gasteiger partial charge in [0.15, 0.2) is 5.82 Å². The van der Waals surface area contributed by atoms with Gasteiger partial charge in [0.1, 0.15) is 4.90 Å². The molecule has 0 bridgehead atoms. The summed E-state index contributed by atoms with van der Waals surface area (Å²) < 4.78 is 27.5. The number of pyridine rings is 1. The number of benzene rings is 1. The lowest BCUT2D eigenvalue weighted by atomic mass is 10.3. The van der Waals surface area contributed by atoms with Gasteiger partial charge in [-0.05, 0) is 40.2 Å². The summed E-state index contributed by atoms with van der Waals surface area (Å²) in [4.78, 5) is 4.01. The van der Waals surface area contributed by atoms with Crippen LogP contribution in [0.2, 0.25) is 0 Å². The van der Waals surface area contributed by atoms with Crippen LogP contribution in [0.25, 0.3) is 0 Å². The number of halogens is 1. The number of nitrogen functional groups attached to an aromatic ring is 1. The number of nitrogens with zero attached hydrogens (tertiary/aromatic N) is 1. The molecule has 2 aromatic rings. The Morgan fingerprint density at radius 2 is 1.89 bits per heavy atom. The van der Waals surface area contributed by atoms with Crippen LogP contribution in [0, 0.1) is 0 Å². The van der Waals surface area contributed by atoms with Crippen LogP contribution >= 0.6 is 15.9 Å². The highest BCUT2D eigenvalue weighted by Gasteiger charge is 2.19. The molecule has 0 fully saturated rings.